The lowest BCUT2D eigenvalue weighted by molar-refractivity contribution is -0.151. The molecule has 1 aromatic carbocycles. The molecular formula is C18H23NO4. The van der Waals surface area contributed by atoms with E-state index in [0.717, 1.165) is 24.8 Å². The molecule has 5 heteroatoms. The van der Waals surface area contributed by atoms with Crippen molar-refractivity contribution in [3.05, 3.63) is 35.4 Å². The molecule has 2 atom stereocenters. The van der Waals surface area contributed by atoms with Crippen LogP contribution < -0.4 is 0 Å². The van der Waals surface area contributed by atoms with Crippen molar-refractivity contribution in [2.75, 3.05) is 19.7 Å². The number of fused-ring (bicyclic) bond motifs is 1. The van der Waals surface area contributed by atoms with Gasteiger partial charge in [0.1, 0.15) is 0 Å². The first-order chi connectivity index (χ1) is 11.0. The monoisotopic (exact) mass is 317 g/mol. The molecule has 2 aliphatic rings. The van der Waals surface area contributed by atoms with E-state index in [0.29, 0.717) is 19.7 Å². The lowest BCUT2D eigenvalue weighted by Crippen LogP contribution is -2.53. The van der Waals surface area contributed by atoms with E-state index in [1.807, 2.05) is 19.1 Å². The van der Waals surface area contributed by atoms with Crippen LogP contribution in [0, 0.1) is 0 Å². The van der Waals surface area contributed by atoms with Crippen LogP contribution in [0.25, 0.3) is 0 Å². The number of hydrogen-bond acceptors (Lipinski definition) is 3. The fourth-order valence-electron chi connectivity index (χ4n) is 3.84. The van der Waals surface area contributed by atoms with Crippen molar-refractivity contribution in [1.29, 1.82) is 0 Å². The number of morpholine rings is 1. The molecule has 1 aromatic rings. The summed E-state index contributed by atoms with van der Waals surface area (Å²) in [5.74, 6) is -0.790. The van der Waals surface area contributed by atoms with Gasteiger partial charge in [0.05, 0.1) is 24.5 Å². The number of carbonyl (C=O) groups excluding carboxylic acids is 1. The molecule has 0 unspecified atom stereocenters. The Morgan fingerprint density at radius 3 is 2.96 bits per heavy atom. The van der Waals surface area contributed by atoms with Gasteiger partial charge in [-0.3, -0.25) is 9.59 Å². The Hall–Kier alpha value is -1.88. The maximum Gasteiger partial charge on any atom is 0.306 e. The van der Waals surface area contributed by atoms with Crippen LogP contribution in [-0.2, 0) is 26.2 Å². The summed E-state index contributed by atoms with van der Waals surface area (Å²) >= 11 is 0. The molecule has 1 saturated heterocycles. The summed E-state index contributed by atoms with van der Waals surface area (Å²) in [6.07, 6.45) is 2.39. The molecule has 1 heterocycles. The van der Waals surface area contributed by atoms with Crippen molar-refractivity contribution in [3.8, 4) is 0 Å². The van der Waals surface area contributed by atoms with E-state index in [1.165, 1.54) is 5.56 Å². The minimum Gasteiger partial charge on any atom is -0.481 e. The van der Waals surface area contributed by atoms with Crippen LogP contribution in [0.5, 0.6) is 0 Å². The minimum atomic E-state index is -0.890. The molecule has 1 amide bonds. The molecule has 1 fully saturated rings. The Labute approximate surface area is 136 Å². The normalized spacial score (nSPS) is 27.3. The van der Waals surface area contributed by atoms with Crippen LogP contribution in [-0.4, -0.2) is 47.7 Å². The fourth-order valence-corrected chi connectivity index (χ4v) is 3.84. The summed E-state index contributed by atoms with van der Waals surface area (Å²) in [7, 11) is 0. The van der Waals surface area contributed by atoms with Gasteiger partial charge in [-0.25, -0.2) is 0 Å². The number of carboxylic acid groups (broad SMARTS) is 1. The van der Waals surface area contributed by atoms with Crippen LogP contribution in [0.15, 0.2) is 24.3 Å². The van der Waals surface area contributed by atoms with Crippen molar-refractivity contribution in [1.82, 2.24) is 4.90 Å². The van der Waals surface area contributed by atoms with E-state index in [-0.39, 0.29) is 12.3 Å². The first-order valence-electron chi connectivity index (χ1n) is 8.22. The van der Waals surface area contributed by atoms with E-state index >= 15 is 0 Å². The minimum absolute atomic E-state index is 0.0585. The largest absolute Gasteiger partial charge is 0.481 e. The molecule has 0 aromatic heterocycles. The fraction of sp³-hybridized carbons (Fsp3) is 0.556. The van der Waals surface area contributed by atoms with Crippen LogP contribution in [0.4, 0.5) is 0 Å². The third kappa shape index (κ3) is 3.11. The molecule has 0 saturated carbocycles. The summed E-state index contributed by atoms with van der Waals surface area (Å²) in [5.41, 5.74) is 1.86. The maximum absolute atomic E-state index is 13.2. The van der Waals surface area contributed by atoms with Crippen LogP contribution >= 0.6 is 0 Å². The first kappa shape index (κ1) is 16.0. The number of hydrogen-bond donors (Lipinski definition) is 1. The average Bonchev–Trinajstić information content (AvgIpc) is 2.54. The zero-order valence-electron chi connectivity index (χ0n) is 13.5. The maximum atomic E-state index is 13.2. The van der Waals surface area contributed by atoms with Gasteiger partial charge >= 0.3 is 5.97 Å². The molecule has 1 aliphatic carbocycles. The van der Waals surface area contributed by atoms with Gasteiger partial charge in [-0.05, 0) is 37.3 Å². The van der Waals surface area contributed by atoms with Gasteiger partial charge in [-0.2, -0.15) is 0 Å². The zero-order valence-corrected chi connectivity index (χ0v) is 13.5. The predicted octanol–water partition coefficient (Wildman–Crippen LogP) is 1.98. The third-order valence-electron chi connectivity index (χ3n) is 5.04. The molecular weight excluding hydrogens is 294 g/mol. The van der Waals surface area contributed by atoms with Crippen molar-refractivity contribution in [2.45, 2.75) is 44.1 Å². The highest BCUT2D eigenvalue weighted by Crippen LogP contribution is 2.38. The second kappa shape index (κ2) is 6.32. The van der Waals surface area contributed by atoms with Gasteiger partial charge in [-0.15, -0.1) is 0 Å². The van der Waals surface area contributed by atoms with Crippen molar-refractivity contribution in [2.24, 2.45) is 0 Å². The summed E-state index contributed by atoms with van der Waals surface area (Å²) in [6, 6.07) is 8.17. The molecule has 5 nitrogen and oxygen atoms in total. The van der Waals surface area contributed by atoms with Crippen LogP contribution in [0.3, 0.4) is 0 Å². The molecule has 0 bridgehead atoms. The van der Waals surface area contributed by atoms with Gasteiger partial charge in [0.2, 0.25) is 5.91 Å². The summed E-state index contributed by atoms with van der Waals surface area (Å²) in [4.78, 5) is 25.9. The van der Waals surface area contributed by atoms with E-state index in [9.17, 15) is 9.59 Å². The quantitative estimate of drug-likeness (QED) is 0.926. The predicted molar refractivity (Wildman–Crippen MR) is 85.3 cm³/mol. The Morgan fingerprint density at radius 2 is 2.17 bits per heavy atom. The smallest absolute Gasteiger partial charge is 0.306 e. The Kier molecular flexibility index (Phi) is 4.39. The van der Waals surface area contributed by atoms with Gasteiger partial charge in [-0.1, -0.05) is 24.3 Å². The van der Waals surface area contributed by atoms with Crippen LogP contribution in [0.2, 0.25) is 0 Å². The second-order valence-electron chi connectivity index (χ2n) is 6.68. The van der Waals surface area contributed by atoms with E-state index in [4.69, 9.17) is 9.84 Å². The lowest BCUT2D eigenvalue weighted by Gasteiger charge is -2.41. The highest BCUT2D eigenvalue weighted by molar-refractivity contribution is 5.88. The first-order valence-corrected chi connectivity index (χ1v) is 8.22. The molecule has 23 heavy (non-hydrogen) atoms. The highest BCUT2D eigenvalue weighted by Gasteiger charge is 2.42. The summed E-state index contributed by atoms with van der Waals surface area (Å²) < 4.78 is 5.48. The SMILES string of the molecule is C[C@]1(C(=O)N2CCO[C@@H](CC(=O)O)C2)CCCc2ccccc21. The van der Waals surface area contributed by atoms with Crippen molar-refractivity contribution < 1.29 is 19.4 Å². The summed E-state index contributed by atoms with van der Waals surface area (Å²) in [6.45, 7) is 3.33. The van der Waals surface area contributed by atoms with Gasteiger partial charge in [0.25, 0.3) is 0 Å². The lowest BCUT2D eigenvalue weighted by atomic mass is 9.70. The van der Waals surface area contributed by atoms with Crippen LogP contribution in [0.1, 0.15) is 37.3 Å². The summed E-state index contributed by atoms with van der Waals surface area (Å²) in [5, 5.41) is 8.94. The number of rotatable bonds is 3. The van der Waals surface area contributed by atoms with Gasteiger partial charge in [0, 0.05) is 13.1 Å². The van der Waals surface area contributed by atoms with E-state index in [1.54, 1.807) is 4.90 Å². The highest BCUT2D eigenvalue weighted by atomic mass is 16.5. The number of aryl methyl sites for hydroxylation is 1. The molecule has 0 spiro atoms. The number of benzene rings is 1. The zero-order chi connectivity index (χ0) is 16.4. The van der Waals surface area contributed by atoms with E-state index < -0.39 is 17.5 Å². The van der Waals surface area contributed by atoms with Crippen molar-refractivity contribution in [3.63, 3.8) is 0 Å². The standard InChI is InChI=1S/C18H23NO4/c1-18(8-4-6-13-5-2-3-7-15(13)18)17(22)19-9-10-23-14(12-19)11-16(20)21/h2-3,5,7,14H,4,6,8-12H2,1H3,(H,20,21)/t14-,18-/m0/s1. The topological polar surface area (TPSA) is 66.8 Å². The Balaban J connectivity index is 1.81. The number of carboxylic acids is 1. The number of amides is 1. The molecule has 1 N–H and O–H groups in total. The van der Waals surface area contributed by atoms with Gasteiger partial charge < -0.3 is 14.7 Å². The Bertz CT molecular complexity index is 615. The average molecular weight is 317 g/mol. The second-order valence-corrected chi connectivity index (χ2v) is 6.68. The number of nitrogens with zero attached hydrogens (tertiary/aromatic N) is 1. The third-order valence-corrected chi connectivity index (χ3v) is 5.04. The number of ether oxygens (including phenoxy) is 1. The molecule has 124 valence electrons. The Morgan fingerprint density at radius 1 is 1.39 bits per heavy atom. The molecule has 1 aliphatic heterocycles. The van der Waals surface area contributed by atoms with E-state index in [2.05, 4.69) is 12.1 Å². The van der Waals surface area contributed by atoms with Gasteiger partial charge in [0.15, 0.2) is 0 Å². The number of aliphatic carboxylic acids is 1. The number of carbonyl (C=O) groups is 2. The van der Waals surface area contributed by atoms with Crippen molar-refractivity contribution >= 4 is 11.9 Å². The molecule has 3 rings (SSSR count). The molecule has 0 radical (unpaired) electrons.